The number of carbonyl (C=O) groups excluding carboxylic acids is 1. The number of aromatic nitrogens is 4. The van der Waals surface area contributed by atoms with E-state index in [0.29, 0.717) is 22.8 Å². The molecule has 2 aromatic heterocycles. The van der Waals surface area contributed by atoms with E-state index in [1.54, 1.807) is 4.57 Å². The van der Waals surface area contributed by atoms with Crippen molar-refractivity contribution in [1.29, 1.82) is 5.41 Å². The number of hydrogen-bond acceptors (Lipinski definition) is 6. The van der Waals surface area contributed by atoms with Crippen molar-refractivity contribution in [3.63, 3.8) is 0 Å². The van der Waals surface area contributed by atoms with Crippen LogP contribution in [-0.2, 0) is 4.79 Å². The van der Waals surface area contributed by atoms with Crippen molar-refractivity contribution < 1.29 is 9.53 Å². The molecule has 1 aromatic carbocycles. The molecule has 3 rings (SSSR count). The highest BCUT2D eigenvalue weighted by atomic mass is 32.2. The average Bonchev–Trinajstić information content (AvgIpc) is 3.08. The van der Waals surface area contributed by atoms with Gasteiger partial charge in [-0.15, -0.1) is 0 Å². The molecule has 9 heteroatoms. The van der Waals surface area contributed by atoms with Crippen LogP contribution >= 0.6 is 11.8 Å². The Morgan fingerprint density at radius 2 is 2.07 bits per heavy atom. The third-order valence-electron chi connectivity index (χ3n) is 4.54. The molecule has 0 unspecified atom stereocenters. The quantitative estimate of drug-likeness (QED) is 0.388. The Labute approximate surface area is 173 Å². The number of amides is 1. The normalized spacial score (nSPS) is 12.1. The first kappa shape index (κ1) is 20.9. The van der Waals surface area contributed by atoms with Crippen LogP contribution in [0.15, 0.2) is 29.4 Å². The number of benzene rings is 1. The zero-order valence-electron chi connectivity index (χ0n) is 17.1. The molecule has 0 radical (unpaired) electrons. The molecule has 0 saturated heterocycles. The van der Waals surface area contributed by atoms with Crippen LogP contribution in [0.25, 0.3) is 16.7 Å². The molecule has 2 heterocycles. The van der Waals surface area contributed by atoms with E-state index in [-0.39, 0.29) is 23.2 Å². The predicted octanol–water partition coefficient (Wildman–Crippen LogP) is 2.94. The standard InChI is InChI=1S/C20H26N6O2S/c1-5-12(3)22-16(27)11-29-20-23-19-17(13(4)24-25-19)18(21)26(20)14-7-9-15(10-8-14)28-6-2/h7-10,12,21H,5-6,11H2,1-4H3,(H,22,27)(H,24,25)/t12-/m1/s1. The number of aryl methyl sites for hydroxylation is 1. The van der Waals surface area contributed by atoms with E-state index in [4.69, 9.17) is 10.1 Å². The van der Waals surface area contributed by atoms with Gasteiger partial charge in [0.05, 0.1) is 17.7 Å². The maximum absolute atomic E-state index is 12.2. The lowest BCUT2D eigenvalue weighted by molar-refractivity contribution is -0.119. The molecule has 8 nitrogen and oxygen atoms in total. The number of ether oxygens (including phenoxy) is 1. The van der Waals surface area contributed by atoms with Crippen LogP contribution in [0.4, 0.5) is 0 Å². The highest BCUT2D eigenvalue weighted by molar-refractivity contribution is 7.99. The number of rotatable bonds is 8. The highest BCUT2D eigenvalue weighted by Crippen LogP contribution is 2.23. The molecular formula is C20H26N6O2S. The monoisotopic (exact) mass is 414 g/mol. The molecule has 154 valence electrons. The molecule has 3 N–H and O–H groups in total. The van der Waals surface area contributed by atoms with E-state index in [2.05, 4.69) is 20.5 Å². The minimum absolute atomic E-state index is 0.0609. The van der Waals surface area contributed by atoms with Crippen LogP contribution in [0.3, 0.4) is 0 Å². The largest absolute Gasteiger partial charge is 0.494 e. The Bertz CT molecular complexity index is 1060. The fourth-order valence-electron chi connectivity index (χ4n) is 2.87. The lowest BCUT2D eigenvalue weighted by atomic mass is 10.2. The fraction of sp³-hybridized carbons (Fsp3) is 0.400. The first-order valence-corrected chi connectivity index (χ1v) is 10.6. The first-order valence-electron chi connectivity index (χ1n) is 9.62. The van der Waals surface area contributed by atoms with E-state index < -0.39 is 0 Å². The zero-order chi connectivity index (χ0) is 21.0. The molecule has 0 aliphatic rings. The van der Waals surface area contributed by atoms with Crippen LogP contribution < -0.4 is 15.5 Å². The minimum Gasteiger partial charge on any atom is -0.494 e. The van der Waals surface area contributed by atoms with Crippen LogP contribution in [0, 0.1) is 12.3 Å². The average molecular weight is 415 g/mol. The summed E-state index contributed by atoms with van der Waals surface area (Å²) in [6.45, 7) is 8.39. The van der Waals surface area contributed by atoms with Gasteiger partial charge in [-0.2, -0.15) is 5.10 Å². The number of thioether (sulfide) groups is 1. The third kappa shape index (κ3) is 4.61. The number of carbonyl (C=O) groups is 1. The summed E-state index contributed by atoms with van der Waals surface area (Å²) in [4.78, 5) is 16.9. The van der Waals surface area contributed by atoms with Crippen LogP contribution in [-0.4, -0.2) is 44.1 Å². The van der Waals surface area contributed by atoms with Crippen LogP contribution in [0.2, 0.25) is 0 Å². The molecule has 0 aliphatic carbocycles. The Balaban J connectivity index is 2.00. The maximum Gasteiger partial charge on any atom is 0.230 e. The molecule has 1 atom stereocenters. The molecule has 0 aliphatic heterocycles. The molecule has 0 saturated carbocycles. The van der Waals surface area contributed by atoms with Gasteiger partial charge in [0, 0.05) is 17.4 Å². The van der Waals surface area contributed by atoms with E-state index in [1.807, 2.05) is 52.0 Å². The van der Waals surface area contributed by atoms with Crippen molar-refractivity contribution in [3.8, 4) is 11.4 Å². The van der Waals surface area contributed by atoms with Crippen molar-refractivity contribution >= 4 is 28.7 Å². The lowest BCUT2D eigenvalue weighted by Crippen LogP contribution is -2.33. The molecule has 3 aromatic rings. The van der Waals surface area contributed by atoms with Gasteiger partial charge < -0.3 is 10.1 Å². The number of nitrogens with one attached hydrogen (secondary N) is 3. The summed E-state index contributed by atoms with van der Waals surface area (Å²) in [6.07, 6.45) is 0.871. The summed E-state index contributed by atoms with van der Waals surface area (Å²) in [5.41, 5.74) is 2.30. The van der Waals surface area contributed by atoms with Gasteiger partial charge in [-0.25, -0.2) is 4.98 Å². The van der Waals surface area contributed by atoms with E-state index in [0.717, 1.165) is 23.6 Å². The van der Waals surface area contributed by atoms with E-state index >= 15 is 0 Å². The van der Waals surface area contributed by atoms with Gasteiger partial charge in [0.2, 0.25) is 5.91 Å². The van der Waals surface area contributed by atoms with Crippen molar-refractivity contribution in [1.82, 2.24) is 25.1 Å². The van der Waals surface area contributed by atoms with Crippen molar-refractivity contribution in [3.05, 3.63) is 35.4 Å². The van der Waals surface area contributed by atoms with E-state index in [1.165, 1.54) is 11.8 Å². The predicted molar refractivity (Wildman–Crippen MR) is 114 cm³/mol. The zero-order valence-corrected chi connectivity index (χ0v) is 17.9. The molecule has 0 spiro atoms. The number of nitrogens with zero attached hydrogens (tertiary/aromatic N) is 3. The molecule has 0 fully saturated rings. The Hall–Kier alpha value is -2.81. The molecule has 29 heavy (non-hydrogen) atoms. The van der Waals surface area contributed by atoms with Crippen molar-refractivity contribution in [2.24, 2.45) is 0 Å². The molecule has 1 amide bonds. The number of fused-ring (bicyclic) bond motifs is 1. The van der Waals surface area contributed by atoms with Crippen LogP contribution in [0.5, 0.6) is 5.75 Å². The summed E-state index contributed by atoms with van der Waals surface area (Å²) in [6, 6.07) is 7.62. The van der Waals surface area contributed by atoms with Gasteiger partial charge in [0.15, 0.2) is 10.8 Å². The highest BCUT2D eigenvalue weighted by Gasteiger charge is 2.16. The summed E-state index contributed by atoms with van der Waals surface area (Å²) in [5.74, 6) is 0.913. The van der Waals surface area contributed by atoms with Crippen molar-refractivity contribution in [2.45, 2.75) is 45.3 Å². The second kappa shape index (κ2) is 9.13. The third-order valence-corrected chi connectivity index (χ3v) is 5.48. The number of hydrogen-bond donors (Lipinski definition) is 3. The fourth-order valence-corrected chi connectivity index (χ4v) is 3.69. The number of H-pyrrole nitrogens is 1. The lowest BCUT2D eigenvalue weighted by Gasteiger charge is -2.15. The first-order chi connectivity index (χ1) is 13.9. The Kier molecular flexibility index (Phi) is 6.58. The molecular weight excluding hydrogens is 388 g/mol. The van der Waals surface area contributed by atoms with Gasteiger partial charge >= 0.3 is 0 Å². The second-order valence-electron chi connectivity index (χ2n) is 6.72. The van der Waals surface area contributed by atoms with Gasteiger partial charge in [0.1, 0.15) is 11.2 Å². The smallest absolute Gasteiger partial charge is 0.230 e. The second-order valence-corrected chi connectivity index (χ2v) is 7.66. The SMILES string of the molecule is CCOc1ccc(-n2c(SCC(=O)N[C@H](C)CC)nc3n[nH]c(C)c3c2=N)cc1. The Morgan fingerprint density at radius 1 is 1.34 bits per heavy atom. The maximum atomic E-state index is 12.2. The summed E-state index contributed by atoms with van der Waals surface area (Å²) < 4.78 is 7.25. The Morgan fingerprint density at radius 3 is 2.72 bits per heavy atom. The summed E-state index contributed by atoms with van der Waals surface area (Å²) >= 11 is 1.29. The number of aromatic amines is 1. The van der Waals surface area contributed by atoms with Crippen LogP contribution in [0.1, 0.15) is 32.9 Å². The van der Waals surface area contributed by atoms with Gasteiger partial charge in [-0.05, 0) is 51.5 Å². The van der Waals surface area contributed by atoms with Gasteiger partial charge in [-0.1, -0.05) is 18.7 Å². The van der Waals surface area contributed by atoms with Gasteiger partial charge in [-0.3, -0.25) is 19.9 Å². The summed E-state index contributed by atoms with van der Waals surface area (Å²) in [7, 11) is 0. The summed E-state index contributed by atoms with van der Waals surface area (Å²) in [5, 5.41) is 20.0. The topological polar surface area (TPSA) is 109 Å². The van der Waals surface area contributed by atoms with Crippen molar-refractivity contribution in [2.75, 3.05) is 12.4 Å². The molecule has 0 bridgehead atoms. The minimum atomic E-state index is -0.0609. The van der Waals surface area contributed by atoms with Gasteiger partial charge in [0.25, 0.3) is 0 Å². The van der Waals surface area contributed by atoms with E-state index in [9.17, 15) is 4.79 Å².